The van der Waals surface area contributed by atoms with Gasteiger partial charge in [0.1, 0.15) is 0 Å². The van der Waals surface area contributed by atoms with Crippen LogP contribution >= 0.6 is 0 Å². The molecule has 1 saturated heterocycles. The first-order valence-electron chi connectivity index (χ1n) is 5.31. The molecule has 13 heavy (non-hydrogen) atoms. The zero-order chi connectivity index (χ0) is 10.3. The molecule has 1 fully saturated rings. The zero-order valence-electron chi connectivity index (χ0n) is 9.59. The summed E-state index contributed by atoms with van der Waals surface area (Å²) in [5.41, 5.74) is -0.0937. The highest BCUT2D eigenvalue weighted by atomic mass is 16.5. The fourth-order valence-corrected chi connectivity index (χ4v) is 2.87. The lowest BCUT2D eigenvalue weighted by molar-refractivity contribution is -0.256. The molecule has 0 aliphatic carbocycles. The van der Waals surface area contributed by atoms with Gasteiger partial charge in [-0.25, -0.2) is 0 Å². The summed E-state index contributed by atoms with van der Waals surface area (Å²) in [5.74, 6) is 0.711. The molecule has 1 rings (SSSR count). The van der Waals surface area contributed by atoms with E-state index in [4.69, 9.17) is 0 Å². The quantitative estimate of drug-likeness (QED) is 0.678. The summed E-state index contributed by atoms with van der Waals surface area (Å²) in [6.45, 7) is 10.8. The van der Waals surface area contributed by atoms with Crippen molar-refractivity contribution in [2.75, 3.05) is 0 Å². The molecule has 2 unspecified atom stereocenters. The van der Waals surface area contributed by atoms with Gasteiger partial charge in [-0.1, -0.05) is 13.8 Å². The molecule has 0 spiro atoms. The molecule has 0 aromatic carbocycles. The van der Waals surface area contributed by atoms with Crippen LogP contribution in [0.4, 0.5) is 0 Å². The van der Waals surface area contributed by atoms with E-state index in [0.29, 0.717) is 5.92 Å². The van der Waals surface area contributed by atoms with Crippen molar-refractivity contribution < 1.29 is 5.21 Å². The van der Waals surface area contributed by atoms with E-state index in [0.717, 1.165) is 19.3 Å². The summed E-state index contributed by atoms with van der Waals surface area (Å²) < 4.78 is 0. The average Bonchev–Trinajstić information content (AvgIpc) is 1.99. The SMILES string of the molecule is CCC1(C)CC(C)CC(C)(C)N1O. The Balaban J connectivity index is 2.88. The van der Waals surface area contributed by atoms with Crippen molar-refractivity contribution in [3.63, 3.8) is 0 Å². The van der Waals surface area contributed by atoms with Crippen LogP contribution in [0, 0.1) is 5.92 Å². The van der Waals surface area contributed by atoms with Gasteiger partial charge in [-0.2, -0.15) is 5.06 Å². The molecule has 0 saturated carbocycles. The Morgan fingerprint density at radius 2 is 1.85 bits per heavy atom. The number of rotatable bonds is 1. The van der Waals surface area contributed by atoms with Gasteiger partial charge in [0, 0.05) is 11.1 Å². The van der Waals surface area contributed by atoms with E-state index >= 15 is 0 Å². The van der Waals surface area contributed by atoms with Crippen LogP contribution in [0.5, 0.6) is 0 Å². The predicted molar refractivity (Wildman–Crippen MR) is 54.8 cm³/mol. The Bertz CT molecular complexity index is 191. The van der Waals surface area contributed by atoms with Gasteiger partial charge in [0.2, 0.25) is 0 Å². The topological polar surface area (TPSA) is 23.5 Å². The van der Waals surface area contributed by atoms with Gasteiger partial charge in [-0.05, 0) is 46.0 Å². The number of hydroxylamine groups is 2. The Morgan fingerprint density at radius 1 is 1.31 bits per heavy atom. The third-order valence-corrected chi connectivity index (χ3v) is 3.48. The molecule has 2 heteroatoms. The molecule has 1 aliphatic heterocycles. The van der Waals surface area contributed by atoms with Gasteiger partial charge >= 0.3 is 0 Å². The number of hydrogen-bond acceptors (Lipinski definition) is 2. The van der Waals surface area contributed by atoms with Gasteiger partial charge in [0.25, 0.3) is 0 Å². The van der Waals surface area contributed by atoms with Gasteiger partial charge in [-0.15, -0.1) is 0 Å². The molecule has 0 aromatic heterocycles. The van der Waals surface area contributed by atoms with Crippen LogP contribution in [0.25, 0.3) is 0 Å². The average molecular weight is 185 g/mol. The zero-order valence-corrected chi connectivity index (χ0v) is 9.59. The minimum atomic E-state index is -0.0670. The summed E-state index contributed by atoms with van der Waals surface area (Å²) in [6.07, 6.45) is 3.19. The molecular weight excluding hydrogens is 162 g/mol. The molecule has 2 atom stereocenters. The second kappa shape index (κ2) is 3.25. The summed E-state index contributed by atoms with van der Waals surface area (Å²) in [4.78, 5) is 0. The Kier molecular flexibility index (Phi) is 2.75. The van der Waals surface area contributed by atoms with Crippen LogP contribution in [-0.2, 0) is 0 Å². The van der Waals surface area contributed by atoms with Crippen molar-refractivity contribution in [3.8, 4) is 0 Å². The fraction of sp³-hybridized carbons (Fsp3) is 1.00. The molecule has 0 bridgehead atoms. The van der Waals surface area contributed by atoms with E-state index in [9.17, 15) is 5.21 Å². The van der Waals surface area contributed by atoms with Crippen molar-refractivity contribution >= 4 is 0 Å². The third kappa shape index (κ3) is 1.89. The Hall–Kier alpha value is -0.0800. The van der Waals surface area contributed by atoms with Crippen LogP contribution in [0.3, 0.4) is 0 Å². The molecule has 0 aromatic rings. The Morgan fingerprint density at radius 3 is 2.31 bits per heavy atom. The lowest BCUT2D eigenvalue weighted by atomic mass is 9.74. The van der Waals surface area contributed by atoms with Crippen molar-refractivity contribution in [2.45, 2.75) is 65.0 Å². The third-order valence-electron chi connectivity index (χ3n) is 3.48. The molecule has 1 N–H and O–H groups in total. The number of hydrogen-bond donors (Lipinski definition) is 1. The normalized spacial score (nSPS) is 40.6. The first-order valence-corrected chi connectivity index (χ1v) is 5.31. The second-order valence-corrected chi connectivity index (χ2v) is 5.49. The monoisotopic (exact) mass is 185 g/mol. The van der Waals surface area contributed by atoms with Gasteiger partial charge in [0.05, 0.1) is 0 Å². The first kappa shape index (κ1) is 11.0. The molecular formula is C11H23NO. The molecule has 1 heterocycles. The van der Waals surface area contributed by atoms with Crippen LogP contribution in [-0.4, -0.2) is 21.3 Å². The summed E-state index contributed by atoms with van der Waals surface area (Å²) in [6, 6.07) is 0. The van der Waals surface area contributed by atoms with Crippen molar-refractivity contribution in [1.82, 2.24) is 5.06 Å². The van der Waals surface area contributed by atoms with E-state index in [1.165, 1.54) is 0 Å². The highest BCUT2D eigenvalue weighted by Crippen LogP contribution is 2.41. The van der Waals surface area contributed by atoms with Crippen LogP contribution in [0.1, 0.15) is 53.9 Å². The summed E-state index contributed by atoms with van der Waals surface area (Å²) >= 11 is 0. The molecule has 1 aliphatic rings. The lowest BCUT2D eigenvalue weighted by Gasteiger charge is -2.52. The number of piperidine rings is 1. The molecule has 78 valence electrons. The number of nitrogens with zero attached hydrogens (tertiary/aromatic N) is 1. The molecule has 0 radical (unpaired) electrons. The van der Waals surface area contributed by atoms with Crippen LogP contribution in [0.15, 0.2) is 0 Å². The standard InChI is InChI=1S/C11H23NO/c1-6-11(5)8-9(2)7-10(3,4)12(11)13/h9,13H,6-8H2,1-5H3. The second-order valence-electron chi connectivity index (χ2n) is 5.49. The van der Waals surface area contributed by atoms with Crippen LogP contribution in [0.2, 0.25) is 0 Å². The fourth-order valence-electron chi connectivity index (χ4n) is 2.87. The van der Waals surface area contributed by atoms with Crippen molar-refractivity contribution in [2.24, 2.45) is 5.92 Å². The van der Waals surface area contributed by atoms with E-state index in [1.807, 2.05) is 0 Å². The largest absolute Gasteiger partial charge is 0.313 e. The lowest BCUT2D eigenvalue weighted by Crippen LogP contribution is -2.59. The molecule has 2 nitrogen and oxygen atoms in total. The van der Waals surface area contributed by atoms with Gasteiger partial charge in [0.15, 0.2) is 0 Å². The Labute approximate surface area is 81.9 Å². The highest BCUT2D eigenvalue weighted by Gasteiger charge is 2.45. The maximum absolute atomic E-state index is 10.1. The minimum Gasteiger partial charge on any atom is -0.313 e. The minimum absolute atomic E-state index is 0.0266. The van der Waals surface area contributed by atoms with Crippen LogP contribution < -0.4 is 0 Å². The van der Waals surface area contributed by atoms with E-state index in [-0.39, 0.29) is 11.1 Å². The van der Waals surface area contributed by atoms with Crippen molar-refractivity contribution in [1.29, 1.82) is 0 Å². The maximum atomic E-state index is 10.1. The highest BCUT2D eigenvalue weighted by molar-refractivity contribution is 4.96. The molecule has 0 amide bonds. The van der Waals surface area contributed by atoms with E-state index < -0.39 is 0 Å². The predicted octanol–water partition coefficient (Wildman–Crippen LogP) is 3.05. The van der Waals surface area contributed by atoms with E-state index in [2.05, 4.69) is 34.6 Å². The van der Waals surface area contributed by atoms with Gasteiger partial charge < -0.3 is 5.21 Å². The first-order chi connectivity index (χ1) is 5.82. The smallest absolute Gasteiger partial charge is 0.0438 e. The maximum Gasteiger partial charge on any atom is 0.0438 e. The van der Waals surface area contributed by atoms with E-state index in [1.54, 1.807) is 5.06 Å². The van der Waals surface area contributed by atoms with Crippen molar-refractivity contribution in [3.05, 3.63) is 0 Å². The van der Waals surface area contributed by atoms with Gasteiger partial charge in [-0.3, -0.25) is 0 Å². The summed E-state index contributed by atoms with van der Waals surface area (Å²) in [7, 11) is 0. The summed E-state index contributed by atoms with van der Waals surface area (Å²) in [5, 5.41) is 11.7.